The Morgan fingerprint density at radius 1 is 0.805 bits per heavy atom. The van der Waals surface area contributed by atoms with Crippen LogP contribution in [0.25, 0.3) is 11.4 Å². The van der Waals surface area contributed by atoms with Gasteiger partial charge in [0.2, 0.25) is 6.10 Å². The summed E-state index contributed by atoms with van der Waals surface area (Å²) in [6, 6.07) is 11.6. The van der Waals surface area contributed by atoms with Gasteiger partial charge in [0.05, 0.1) is 17.7 Å². The Hall–Kier alpha value is -3.79. The number of carbonyl (C=O) groups excluding carboxylic acids is 2. The van der Waals surface area contributed by atoms with Gasteiger partial charge in [-0.1, -0.05) is 57.6 Å². The molecular weight excluding hydrogens is 537 g/mol. The summed E-state index contributed by atoms with van der Waals surface area (Å²) >= 11 is 0. The largest absolute Gasteiger partial charge is 0.447 e. The number of aromatic nitrogens is 2. The zero-order chi connectivity index (χ0) is 29.7. The summed E-state index contributed by atoms with van der Waals surface area (Å²) in [6.07, 6.45) is 6.20. The maximum atomic E-state index is 13.0. The van der Waals surface area contributed by atoms with Crippen molar-refractivity contribution in [2.24, 2.45) is 0 Å². The van der Waals surface area contributed by atoms with E-state index < -0.39 is 30.8 Å². The van der Waals surface area contributed by atoms with Gasteiger partial charge in [-0.3, -0.25) is 0 Å². The van der Waals surface area contributed by atoms with E-state index in [0.29, 0.717) is 5.82 Å². The molecule has 0 aliphatic heterocycles. The highest BCUT2D eigenvalue weighted by Crippen LogP contribution is 2.25. The van der Waals surface area contributed by atoms with E-state index in [9.17, 15) is 22.8 Å². The van der Waals surface area contributed by atoms with E-state index in [4.69, 9.17) is 4.74 Å². The van der Waals surface area contributed by atoms with Crippen LogP contribution >= 0.6 is 0 Å². The Labute approximate surface area is 238 Å². The molecule has 3 rings (SSSR count). The van der Waals surface area contributed by atoms with E-state index in [1.54, 1.807) is 24.3 Å². The van der Waals surface area contributed by atoms with Gasteiger partial charge in [0.15, 0.2) is 5.82 Å². The molecule has 0 bridgehead atoms. The number of alkyl halides is 3. The maximum Gasteiger partial charge on any atom is 0.427 e. The molecule has 1 atom stereocenters. The summed E-state index contributed by atoms with van der Waals surface area (Å²) in [7, 11) is 1.08. The molecule has 0 amide bonds. The second-order valence-electron chi connectivity index (χ2n) is 9.67. The topological polar surface area (TPSA) is 87.6 Å². The number of hydrogen-bond donors (Lipinski definition) is 0. The molecular formula is C31H35F3N2O5. The van der Waals surface area contributed by atoms with Gasteiger partial charge in [-0.2, -0.15) is 13.2 Å². The van der Waals surface area contributed by atoms with E-state index in [0.717, 1.165) is 31.1 Å². The lowest BCUT2D eigenvalue weighted by atomic mass is 10.1. The normalized spacial score (nSPS) is 12.1. The lowest BCUT2D eigenvalue weighted by Crippen LogP contribution is -2.37. The summed E-state index contributed by atoms with van der Waals surface area (Å²) < 4.78 is 53.2. The highest BCUT2D eigenvalue weighted by atomic mass is 19.4. The van der Waals surface area contributed by atoms with E-state index in [1.807, 2.05) is 12.4 Å². The third kappa shape index (κ3) is 10.3. The van der Waals surface area contributed by atoms with Crippen molar-refractivity contribution in [3.05, 3.63) is 77.6 Å². The number of aryl methyl sites for hydroxylation is 1. The predicted octanol–water partition coefficient (Wildman–Crippen LogP) is 7.39. The average Bonchev–Trinajstić information content (AvgIpc) is 2.97. The van der Waals surface area contributed by atoms with Crippen LogP contribution in [-0.4, -0.2) is 47.9 Å². The van der Waals surface area contributed by atoms with Crippen LogP contribution in [0, 0.1) is 0 Å². The summed E-state index contributed by atoms with van der Waals surface area (Å²) in [5, 5.41) is 0. The van der Waals surface area contributed by atoms with Crippen molar-refractivity contribution in [3.8, 4) is 17.1 Å². The smallest absolute Gasteiger partial charge is 0.427 e. The predicted molar refractivity (Wildman–Crippen MR) is 148 cm³/mol. The number of esters is 2. The first kappa shape index (κ1) is 31.7. The van der Waals surface area contributed by atoms with Gasteiger partial charge in [0, 0.05) is 25.1 Å². The van der Waals surface area contributed by atoms with E-state index in [1.165, 1.54) is 62.8 Å². The molecule has 0 aliphatic carbocycles. The molecule has 0 aliphatic rings. The van der Waals surface area contributed by atoms with Crippen molar-refractivity contribution < 1.29 is 37.0 Å². The SMILES string of the molecule is CCCCCCCCCc1cnc(-c2ccc(C(=O)Oc3ccc(C(=O)OC(COC)C(F)(F)F)cc3)cc2)nc1. The van der Waals surface area contributed by atoms with Crippen molar-refractivity contribution in [1.29, 1.82) is 0 Å². The van der Waals surface area contributed by atoms with Gasteiger partial charge < -0.3 is 14.2 Å². The molecule has 0 saturated heterocycles. The zero-order valence-electron chi connectivity index (χ0n) is 23.3. The second-order valence-corrected chi connectivity index (χ2v) is 9.67. The molecule has 0 spiro atoms. The molecule has 1 heterocycles. The number of methoxy groups -OCH3 is 1. The molecule has 220 valence electrons. The van der Waals surface area contributed by atoms with Crippen molar-refractivity contribution in [2.75, 3.05) is 13.7 Å². The Kier molecular flexibility index (Phi) is 12.3. The van der Waals surface area contributed by atoms with Crippen LogP contribution < -0.4 is 4.74 Å². The zero-order valence-corrected chi connectivity index (χ0v) is 23.3. The number of ether oxygens (including phenoxy) is 3. The van der Waals surface area contributed by atoms with Gasteiger partial charge in [-0.05, 0) is 54.8 Å². The fourth-order valence-electron chi connectivity index (χ4n) is 4.04. The molecule has 0 saturated carbocycles. The molecule has 1 unspecified atom stereocenters. The third-order valence-corrected chi connectivity index (χ3v) is 6.39. The molecule has 2 aromatic carbocycles. The van der Waals surface area contributed by atoms with Crippen molar-refractivity contribution >= 4 is 11.9 Å². The molecule has 7 nitrogen and oxygen atoms in total. The molecule has 10 heteroatoms. The van der Waals surface area contributed by atoms with Crippen LogP contribution in [0.5, 0.6) is 5.75 Å². The van der Waals surface area contributed by atoms with E-state index in [-0.39, 0.29) is 16.9 Å². The Bertz CT molecular complexity index is 1230. The number of carbonyl (C=O) groups is 2. The fraction of sp³-hybridized carbons (Fsp3) is 0.419. The summed E-state index contributed by atoms with van der Waals surface area (Å²) in [6.45, 7) is 1.40. The van der Waals surface area contributed by atoms with Crippen molar-refractivity contribution in [2.45, 2.75) is 70.6 Å². The van der Waals surface area contributed by atoms with Crippen LogP contribution in [-0.2, 0) is 15.9 Å². The first-order valence-electron chi connectivity index (χ1n) is 13.7. The third-order valence-electron chi connectivity index (χ3n) is 6.39. The molecule has 3 aromatic rings. The fourth-order valence-corrected chi connectivity index (χ4v) is 4.04. The standard InChI is InChI=1S/C31H35F3N2O5/c1-3-4-5-6-7-8-9-10-22-19-35-28(36-20-22)23-11-13-24(14-12-23)29(37)40-26-17-15-25(16-18-26)30(38)41-27(21-39-2)31(32,33)34/h11-20,27H,3-10,21H2,1-2H3. The minimum absolute atomic E-state index is 0.111. The summed E-state index contributed by atoms with van der Waals surface area (Å²) in [5.41, 5.74) is 1.99. The van der Waals surface area contributed by atoms with Gasteiger partial charge in [-0.25, -0.2) is 19.6 Å². The number of hydrogen-bond acceptors (Lipinski definition) is 7. The van der Waals surface area contributed by atoms with Crippen molar-refractivity contribution in [3.63, 3.8) is 0 Å². The van der Waals surface area contributed by atoms with Crippen molar-refractivity contribution in [1.82, 2.24) is 9.97 Å². The number of halogens is 3. The van der Waals surface area contributed by atoms with Crippen LogP contribution in [0.3, 0.4) is 0 Å². The number of nitrogens with zero attached hydrogens (tertiary/aromatic N) is 2. The number of rotatable bonds is 15. The minimum atomic E-state index is -4.76. The van der Waals surface area contributed by atoms with Crippen LogP contribution in [0.15, 0.2) is 60.9 Å². The maximum absolute atomic E-state index is 13.0. The van der Waals surface area contributed by atoms with Gasteiger partial charge in [0.25, 0.3) is 0 Å². The lowest BCUT2D eigenvalue weighted by Gasteiger charge is -2.19. The Morgan fingerprint density at radius 3 is 1.95 bits per heavy atom. The van der Waals surface area contributed by atoms with Gasteiger partial charge >= 0.3 is 18.1 Å². The number of benzene rings is 2. The lowest BCUT2D eigenvalue weighted by molar-refractivity contribution is -0.215. The quantitative estimate of drug-likeness (QED) is 0.107. The van der Waals surface area contributed by atoms with Gasteiger partial charge in [-0.15, -0.1) is 0 Å². The summed E-state index contributed by atoms with van der Waals surface area (Å²) in [4.78, 5) is 33.6. The molecule has 41 heavy (non-hydrogen) atoms. The first-order chi connectivity index (χ1) is 19.7. The molecule has 0 fully saturated rings. The highest BCUT2D eigenvalue weighted by molar-refractivity contribution is 5.92. The van der Waals surface area contributed by atoms with Crippen LogP contribution in [0.1, 0.15) is 78.1 Å². The van der Waals surface area contributed by atoms with E-state index in [2.05, 4.69) is 26.4 Å². The first-order valence-corrected chi connectivity index (χ1v) is 13.7. The molecule has 1 aromatic heterocycles. The average molecular weight is 573 g/mol. The van der Waals surface area contributed by atoms with Crippen LogP contribution in [0.2, 0.25) is 0 Å². The summed E-state index contributed by atoms with van der Waals surface area (Å²) in [5.74, 6) is -1.16. The number of unbranched alkanes of at least 4 members (excludes halogenated alkanes) is 6. The Balaban J connectivity index is 1.50. The van der Waals surface area contributed by atoms with Gasteiger partial charge in [0.1, 0.15) is 5.75 Å². The van der Waals surface area contributed by atoms with Crippen LogP contribution in [0.4, 0.5) is 13.2 Å². The monoisotopic (exact) mass is 572 g/mol. The minimum Gasteiger partial charge on any atom is -0.447 e. The molecule has 0 radical (unpaired) electrons. The van der Waals surface area contributed by atoms with E-state index >= 15 is 0 Å². The Morgan fingerprint density at radius 2 is 1.37 bits per heavy atom. The molecule has 0 N–H and O–H groups in total. The highest BCUT2D eigenvalue weighted by Gasteiger charge is 2.43. The second kappa shape index (κ2) is 15.9.